The molecule has 0 unspecified atom stereocenters. The van der Waals surface area contributed by atoms with E-state index >= 15 is 0 Å². The van der Waals surface area contributed by atoms with Gasteiger partial charge in [0.05, 0.1) is 7.11 Å². The van der Waals surface area contributed by atoms with Gasteiger partial charge in [-0.3, -0.25) is 9.59 Å². The maximum absolute atomic E-state index is 12.8. The molecule has 4 nitrogen and oxygen atoms in total. The van der Waals surface area contributed by atoms with Crippen molar-refractivity contribution in [3.8, 4) is 5.75 Å². The standard InChI is InChI=1S/C24H32O4/c1-14-13-23(4)21(10-11-24(23,15(2)25)28-16(3)26)20-8-6-17-12-18(27-5)7-9-19(17)22(14)20/h7,9,12,14,20-22H,6,8,10-11,13H2,1-5H3/t14-,20-,21+,22+,23-,24-/m1/s1. The summed E-state index contributed by atoms with van der Waals surface area (Å²) in [7, 11) is 1.72. The highest BCUT2D eigenvalue weighted by atomic mass is 16.6. The van der Waals surface area contributed by atoms with Crippen LogP contribution >= 0.6 is 0 Å². The molecular weight excluding hydrogens is 352 g/mol. The molecule has 0 aliphatic heterocycles. The molecule has 1 aromatic carbocycles. The van der Waals surface area contributed by atoms with Crippen LogP contribution in [0.5, 0.6) is 5.75 Å². The smallest absolute Gasteiger partial charge is 0.303 e. The van der Waals surface area contributed by atoms with Gasteiger partial charge in [0.25, 0.3) is 0 Å². The Morgan fingerprint density at radius 3 is 2.57 bits per heavy atom. The van der Waals surface area contributed by atoms with Gasteiger partial charge in [-0.15, -0.1) is 0 Å². The lowest BCUT2D eigenvalue weighted by Gasteiger charge is -2.55. The van der Waals surface area contributed by atoms with Crippen LogP contribution in [-0.4, -0.2) is 24.5 Å². The Morgan fingerprint density at radius 2 is 1.93 bits per heavy atom. The highest BCUT2D eigenvalue weighted by Gasteiger charge is 2.67. The van der Waals surface area contributed by atoms with Crippen molar-refractivity contribution < 1.29 is 19.1 Å². The molecule has 0 amide bonds. The molecule has 1 aromatic rings. The van der Waals surface area contributed by atoms with Gasteiger partial charge in [0.2, 0.25) is 0 Å². The number of carbonyl (C=O) groups is 2. The first-order valence-electron chi connectivity index (χ1n) is 10.6. The topological polar surface area (TPSA) is 52.6 Å². The summed E-state index contributed by atoms with van der Waals surface area (Å²) in [5.74, 6) is 2.49. The second-order valence-electron chi connectivity index (χ2n) is 9.51. The zero-order chi connectivity index (χ0) is 20.3. The average Bonchev–Trinajstić information content (AvgIpc) is 2.93. The second kappa shape index (κ2) is 6.60. The first-order valence-corrected chi connectivity index (χ1v) is 10.6. The van der Waals surface area contributed by atoms with Crippen molar-refractivity contribution in [3.63, 3.8) is 0 Å². The van der Waals surface area contributed by atoms with Gasteiger partial charge in [-0.1, -0.05) is 19.9 Å². The number of benzene rings is 1. The van der Waals surface area contributed by atoms with Crippen molar-refractivity contribution in [2.45, 2.75) is 71.3 Å². The van der Waals surface area contributed by atoms with E-state index in [-0.39, 0.29) is 17.2 Å². The van der Waals surface area contributed by atoms with E-state index in [1.54, 1.807) is 14.0 Å². The molecule has 0 N–H and O–H groups in total. The Labute approximate surface area is 168 Å². The third kappa shape index (κ3) is 2.56. The molecule has 3 aliphatic rings. The molecule has 28 heavy (non-hydrogen) atoms. The maximum Gasteiger partial charge on any atom is 0.303 e. The number of fused-ring (bicyclic) bond motifs is 5. The largest absolute Gasteiger partial charge is 0.497 e. The predicted molar refractivity (Wildman–Crippen MR) is 107 cm³/mol. The zero-order valence-electron chi connectivity index (χ0n) is 17.7. The third-order valence-electron chi connectivity index (χ3n) is 8.23. The minimum atomic E-state index is -0.955. The van der Waals surface area contributed by atoms with Crippen molar-refractivity contribution in [2.24, 2.45) is 23.2 Å². The Kier molecular flexibility index (Phi) is 4.59. The number of aryl methyl sites for hydroxylation is 1. The molecule has 6 atom stereocenters. The maximum atomic E-state index is 12.8. The summed E-state index contributed by atoms with van der Waals surface area (Å²) in [6, 6.07) is 6.53. The lowest BCUT2D eigenvalue weighted by molar-refractivity contribution is -0.186. The Balaban J connectivity index is 1.75. The number of hydrogen-bond acceptors (Lipinski definition) is 4. The summed E-state index contributed by atoms with van der Waals surface area (Å²) in [6.07, 6.45) is 4.71. The monoisotopic (exact) mass is 384 g/mol. The number of esters is 1. The van der Waals surface area contributed by atoms with E-state index in [2.05, 4.69) is 32.0 Å². The summed E-state index contributed by atoms with van der Waals surface area (Å²) < 4.78 is 11.3. The summed E-state index contributed by atoms with van der Waals surface area (Å²) >= 11 is 0. The van der Waals surface area contributed by atoms with Crippen LogP contribution in [0.4, 0.5) is 0 Å². The number of carbonyl (C=O) groups excluding carboxylic acids is 2. The molecule has 0 heterocycles. The number of methoxy groups -OCH3 is 1. The van der Waals surface area contributed by atoms with E-state index in [0.29, 0.717) is 30.1 Å². The molecule has 152 valence electrons. The number of ketones is 1. The van der Waals surface area contributed by atoms with Gasteiger partial charge in [0.15, 0.2) is 11.4 Å². The number of hydrogen-bond donors (Lipinski definition) is 0. The first-order chi connectivity index (χ1) is 13.2. The summed E-state index contributed by atoms with van der Waals surface area (Å²) in [5, 5.41) is 0. The van der Waals surface area contributed by atoms with E-state index in [9.17, 15) is 9.59 Å². The van der Waals surface area contributed by atoms with E-state index < -0.39 is 5.60 Å². The van der Waals surface area contributed by atoms with Crippen LogP contribution in [0.15, 0.2) is 18.2 Å². The van der Waals surface area contributed by atoms with Gasteiger partial charge in [-0.2, -0.15) is 0 Å². The molecule has 0 saturated heterocycles. The quantitative estimate of drug-likeness (QED) is 0.710. The van der Waals surface area contributed by atoms with Crippen LogP contribution in [0, 0.1) is 23.2 Å². The number of ether oxygens (including phenoxy) is 2. The zero-order valence-corrected chi connectivity index (χ0v) is 17.7. The fourth-order valence-corrected chi connectivity index (χ4v) is 7.29. The van der Waals surface area contributed by atoms with E-state index in [1.165, 1.54) is 18.1 Å². The Morgan fingerprint density at radius 1 is 1.18 bits per heavy atom. The van der Waals surface area contributed by atoms with Gasteiger partial charge in [-0.25, -0.2) is 0 Å². The van der Waals surface area contributed by atoms with Crippen molar-refractivity contribution in [3.05, 3.63) is 29.3 Å². The van der Waals surface area contributed by atoms with Crippen LogP contribution in [-0.2, 0) is 20.7 Å². The van der Waals surface area contributed by atoms with Gasteiger partial charge in [0, 0.05) is 12.3 Å². The van der Waals surface area contributed by atoms with Crippen LogP contribution in [0.25, 0.3) is 0 Å². The highest BCUT2D eigenvalue weighted by Crippen LogP contribution is 2.67. The van der Waals surface area contributed by atoms with Crippen molar-refractivity contribution in [1.29, 1.82) is 0 Å². The summed E-state index contributed by atoms with van der Waals surface area (Å²) in [5.41, 5.74) is 1.63. The SMILES string of the molecule is COc1ccc2c(c1)CC[C@H]1[C@H]2[C@H](C)C[C@]2(C)[C@H]1CC[C@@]2(OC(C)=O)C(C)=O. The van der Waals surface area contributed by atoms with E-state index in [0.717, 1.165) is 31.4 Å². The molecule has 2 fully saturated rings. The van der Waals surface area contributed by atoms with Gasteiger partial charge >= 0.3 is 5.97 Å². The normalized spacial score (nSPS) is 38.8. The molecule has 0 aromatic heterocycles. The van der Waals surface area contributed by atoms with Crippen LogP contribution < -0.4 is 4.74 Å². The average molecular weight is 385 g/mol. The van der Waals surface area contributed by atoms with Crippen LogP contribution in [0.1, 0.15) is 70.4 Å². The van der Waals surface area contributed by atoms with Crippen molar-refractivity contribution in [2.75, 3.05) is 7.11 Å². The molecule has 4 heteroatoms. The lowest BCUT2D eigenvalue weighted by Crippen LogP contribution is -2.58. The predicted octanol–water partition coefficient (Wildman–Crippen LogP) is 4.69. The molecule has 3 aliphatic carbocycles. The molecule has 2 saturated carbocycles. The Bertz CT molecular complexity index is 815. The molecular formula is C24H32O4. The summed E-state index contributed by atoms with van der Waals surface area (Å²) in [6.45, 7) is 7.57. The number of Topliss-reactive ketones (excluding diaryl/α,β-unsaturated/α-hetero) is 1. The fourth-order valence-electron chi connectivity index (χ4n) is 7.29. The minimum Gasteiger partial charge on any atom is -0.497 e. The van der Waals surface area contributed by atoms with Crippen LogP contribution in [0.2, 0.25) is 0 Å². The minimum absolute atomic E-state index is 0.0132. The van der Waals surface area contributed by atoms with Gasteiger partial charge in [0.1, 0.15) is 5.75 Å². The van der Waals surface area contributed by atoms with Crippen LogP contribution in [0.3, 0.4) is 0 Å². The van der Waals surface area contributed by atoms with Gasteiger partial charge in [-0.05, 0) is 86.0 Å². The summed E-state index contributed by atoms with van der Waals surface area (Å²) in [4.78, 5) is 24.7. The molecule has 0 radical (unpaired) electrons. The second-order valence-corrected chi connectivity index (χ2v) is 9.51. The van der Waals surface area contributed by atoms with Crippen molar-refractivity contribution >= 4 is 11.8 Å². The van der Waals surface area contributed by atoms with E-state index in [1.807, 2.05) is 0 Å². The molecule has 0 spiro atoms. The first kappa shape index (κ1) is 19.5. The number of rotatable bonds is 3. The van der Waals surface area contributed by atoms with Gasteiger partial charge < -0.3 is 9.47 Å². The fraction of sp³-hybridized carbons (Fsp3) is 0.667. The highest BCUT2D eigenvalue weighted by molar-refractivity contribution is 5.89. The Hall–Kier alpha value is -1.84. The lowest BCUT2D eigenvalue weighted by atomic mass is 9.50. The van der Waals surface area contributed by atoms with Crippen molar-refractivity contribution in [1.82, 2.24) is 0 Å². The molecule has 4 rings (SSSR count). The molecule has 0 bridgehead atoms. The van der Waals surface area contributed by atoms with E-state index in [4.69, 9.17) is 9.47 Å². The third-order valence-corrected chi connectivity index (χ3v) is 8.23.